The monoisotopic (exact) mass is 445 g/mol. The number of halogens is 2. The van der Waals surface area contributed by atoms with Crippen molar-refractivity contribution in [2.45, 2.75) is 45.3 Å². The molecule has 0 radical (unpaired) electrons. The van der Waals surface area contributed by atoms with Gasteiger partial charge in [-0.25, -0.2) is 14.4 Å². The van der Waals surface area contributed by atoms with Crippen LogP contribution in [0.15, 0.2) is 10.7 Å². The number of alkyl halides is 2. The maximum absolute atomic E-state index is 13.4. The van der Waals surface area contributed by atoms with Crippen molar-refractivity contribution in [1.82, 2.24) is 26.1 Å². The van der Waals surface area contributed by atoms with Crippen LogP contribution in [-0.2, 0) is 14.4 Å². The van der Waals surface area contributed by atoms with Crippen LogP contribution in [0.5, 0.6) is 0 Å². The van der Waals surface area contributed by atoms with E-state index in [1.54, 1.807) is 6.92 Å². The average molecular weight is 446 g/mol. The summed E-state index contributed by atoms with van der Waals surface area (Å²) in [6.07, 6.45) is 1.82. The van der Waals surface area contributed by atoms with Crippen LogP contribution < -0.4 is 16.1 Å². The van der Waals surface area contributed by atoms with E-state index >= 15 is 0 Å². The molecule has 0 aromatic carbocycles. The first-order valence-electron chi connectivity index (χ1n) is 9.49. The molecular weight excluding hydrogens is 421 g/mol. The van der Waals surface area contributed by atoms with E-state index in [-0.39, 0.29) is 36.4 Å². The zero-order valence-electron chi connectivity index (χ0n) is 16.9. The Balaban J connectivity index is 2.13. The van der Waals surface area contributed by atoms with Gasteiger partial charge < -0.3 is 15.1 Å². The molecule has 2 rings (SSSR count). The highest BCUT2D eigenvalue weighted by Crippen LogP contribution is 2.14. The molecule has 2 unspecified atom stereocenters. The molecule has 3 atom stereocenters. The Bertz CT molecular complexity index is 800. The van der Waals surface area contributed by atoms with Crippen molar-refractivity contribution in [3.63, 3.8) is 0 Å². The zero-order chi connectivity index (χ0) is 22.4. The van der Waals surface area contributed by atoms with Crippen LogP contribution in [0.2, 0.25) is 0 Å². The standard InChI is InChI=1S/C18H25ClFN5O5/c1-9(2)6-12(23-16(27)13-8-30-10(3)22-13)17(28)24-25(18(29)14(19)20)7-11-4-5-21-15(11)26/h8-9,11-12,14H,4-7H2,1-3H3,(H,21,26)(H,23,27)(H,24,28)/t11?,12-,14?/m0/s1. The third-order valence-corrected chi connectivity index (χ3v) is 4.63. The van der Waals surface area contributed by atoms with Gasteiger partial charge in [0.05, 0.1) is 12.5 Å². The quantitative estimate of drug-likeness (QED) is 0.397. The summed E-state index contributed by atoms with van der Waals surface area (Å²) < 4.78 is 18.4. The molecule has 166 valence electrons. The summed E-state index contributed by atoms with van der Waals surface area (Å²) >= 11 is 5.26. The van der Waals surface area contributed by atoms with E-state index in [0.717, 1.165) is 6.26 Å². The number of oxazole rings is 1. The van der Waals surface area contributed by atoms with Crippen molar-refractivity contribution in [1.29, 1.82) is 0 Å². The number of nitrogens with one attached hydrogen (secondary N) is 3. The second kappa shape index (κ2) is 10.4. The molecule has 0 bridgehead atoms. The van der Waals surface area contributed by atoms with Gasteiger partial charge >= 0.3 is 0 Å². The van der Waals surface area contributed by atoms with E-state index in [9.17, 15) is 23.6 Å². The molecule has 0 spiro atoms. The van der Waals surface area contributed by atoms with Crippen LogP contribution in [-0.4, -0.2) is 58.4 Å². The number of aryl methyl sites for hydroxylation is 1. The van der Waals surface area contributed by atoms with E-state index < -0.39 is 35.3 Å². The minimum absolute atomic E-state index is 0.00537. The van der Waals surface area contributed by atoms with Gasteiger partial charge in [-0.2, -0.15) is 0 Å². The third kappa shape index (κ3) is 6.41. The Labute approximate surface area is 177 Å². The predicted molar refractivity (Wildman–Crippen MR) is 104 cm³/mol. The largest absolute Gasteiger partial charge is 0.448 e. The number of hydrazine groups is 1. The van der Waals surface area contributed by atoms with Crippen LogP contribution in [0.1, 0.15) is 43.1 Å². The molecule has 1 fully saturated rings. The fourth-order valence-electron chi connectivity index (χ4n) is 2.96. The lowest BCUT2D eigenvalue weighted by atomic mass is 10.0. The molecular formula is C18H25ClFN5O5. The number of carbonyl (C=O) groups excluding carboxylic acids is 4. The number of aromatic nitrogens is 1. The first-order valence-corrected chi connectivity index (χ1v) is 9.92. The summed E-state index contributed by atoms with van der Waals surface area (Å²) in [6.45, 7) is 5.43. The maximum Gasteiger partial charge on any atom is 0.291 e. The lowest BCUT2D eigenvalue weighted by molar-refractivity contribution is -0.145. The first kappa shape index (κ1) is 23.6. The van der Waals surface area contributed by atoms with Crippen LogP contribution in [0, 0.1) is 18.8 Å². The fourth-order valence-corrected chi connectivity index (χ4v) is 3.08. The molecule has 1 aromatic heterocycles. The molecule has 30 heavy (non-hydrogen) atoms. The first-order chi connectivity index (χ1) is 14.1. The normalized spacial score (nSPS) is 17.9. The van der Waals surface area contributed by atoms with Crippen LogP contribution in [0.25, 0.3) is 0 Å². The maximum atomic E-state index is 13.4. The predicted octanol–water partition coefficient (Wildman–Crippen LogP) is 0.658. The molecule has 1 aliphatic heterocycles. The molecule has 0 saturated carbocycles. The van der Waals surface area contributed by atoms with Crippen molar-refractivity contribution >= 4 is 35.2 Å². The van der Waals surface area contributed by atoms with Gasteiger partial charge in [-0.05, 0) is 18.8 Å². The van der Waals surface area contributed by atoms with Crippen molar-refractivity contribution in [2.24, 2.45) is 11.8 Å². The van der Waals surface area contributed by atoms with Crippen LogP contribution in [0.4, 0.5) is 4.39 Å². The molecule has 12 heteroatoms. The summed E-state index contributed by atoms with van der Waals surface area (Å²) in [7, 11) is 0. The second-order valence-corrected chi connectivity index (χ2v) is 7.79. The number of nitrogens with zero attached hydrogens (tertiary/aromatic N) is 2. The summed E-state index contributed by atoms with van der Waals surface area (Å²) in [6, 6.07) is -1.05. The average Bonchev–Trinajstić information content (AvgIpc) is 3.27. The molecule has 2 heterocycles. The van der Waals surface area contributed by atoms with Crippen LogP contribution in [0.3, 0.4) is 0 Å². The fraction of sp³-hybridized carbons (Fsp3) is 0.611. The van der Waals surface area contributed by atoms with Gasteiger partial charge in [0.1, 0.15) is 12.3 Å². The van der Waals surface area contributed by atoms with Gasteiger partial charge in [0.15, 0.2) is 11.6 Å². The Morgan fingerprint density at radius 3 is 2.63 bits per heavy atom. The van der Waals surface area contributed by atoms with Gasteiger partial charge in [-0.15, -0.1) is 0 Å². The number of hydrogen-bond acceptors (Lipinski definition) is 6. The van der Waals surface area contributed by atoms with E-state index in [1.165, 1.54) is 0 Å². The van der Waals surface area contributed by atoms with Crippen LogP contribution >= 0.6 is 11.6 Å². The Kier molecular flexibility index (Phi) is 8.16. The summed E-state index contributed by atoms with van der Waals surface area (Å²) in [5.74, 6) is -3.21. The topological polar surface area (TPSA) is 134 Å². The Morgan fingerprint density at radius 1 is 1.43 bits per heavy atom. The van der Waals surface area contributed by atoms with Crippen molar-refractivity contribution in [3.05, 3.63) is 17.8 Å². The van der Waals surface area contributed by atoms with E-state index in [1.807, 2.05) is 13.8 Å². The van der Waals surface area contributed by atoms with Crippen molar-refractivity contribution in [3.8, 4) is 0 Å². The Hall–Kier alpha value is -2.69. The molecule has 4 amide bonds. The molecule has 1 aliphatic rings. The van der Waals surface area contributed by atoms with E-state index in [2.05, 4.69) is 21.0 Å². The summed E-state index contributed by atoms with van der Waals surface area (Å²) in [5.41, 5.74) is -0.108. The lowest BCUT2D eigenvalue weighted by Crippen LogP contribution is -2.57. The molecule has 10 nitrogen and oxygen atoms in total. The Morgan fingerprint density at radius 2 is 2.13 bits per heavy atom. The van der Waals surface area contributed by atoms with Crippen molar-refractivity contribution < 1.29 is 28.0 Å². The number of rotatable bonds is 8. The highest BCUT2D eigenvalue weighted by molar-refractivity contribution is 6.29. The smallest absolute Gasteiger partial charge is 0.291 e. The van der Waals surface area contributed by atoms with E-state index in [0.29, 0.717) is 18.0 Å². The number of amides is 4. The second-order valence-electron chi connectivity index (χ2n) is 7.41. The van der Waals surface area contributed by atoms with Gasteiger partial charge in [-0.1, -0.05) is 25.4 Å². The molecule has 3 N–H and O–H groups in total. The minimum Gasteiger partial charge on any atom is -0.448 e. The highest BCUT2D eigenvalue weighted by Gasteiger charge is 2.33. The van der Waals surface area contributed by atoms with Gasteiger partial charge in [-0.3, -0.25) is 24.6 Å². The molecule has 1 aromatic rings. The molecule has 1 saturated heterocycles. The zero-order valence-corrected chi connectivity index (χ0v) is 17.7. The number of carbonyl (C=O) groups is 4. The van der Waals surface area contributed by atoms with Gasteiger partial charge in [0.2, 0.25) is 5.91 Å². The van der Waals surface area contributed by atoms with E-state index in [4.69, 9.17) is 16.0 Å². The SMILES string of the molecule is Cc1nc(C(=O)N[C@@H](CC(C)C)C(=O)NN(CC2CCNC2=O)C(=O)C(F)Cl)co1. The summed E-state index contributed by atoms with van der Waals surface area (Å²) in [4.78, 5) is 53.0. The lowest BCUT2D eigenvalue weighted by Gasteiger charge is -2.28. The van der Waals surface area contributed by atoms with Crippen molar-refractivity contribution in [2.75, 3.05) is 13.1 Å². The highest BCUT2D eigenvalue weighted by atomic mass is 35.5. The van der Waals surface area contributed by atoms with Gasteiger partial charge in [0.25, 0.3) is 23.4 Å². The summed E-state index contributed by atoms with van der Waals surface area (Å²) in [5, 5.41) is 5.83. The molecule has 0 aliphatic carbocycles. The minimum atomic E-state index is -2.40. The number of hydrogen-bond donors (Lipinski definition) is 3. The third-order valence-electron chi connectivity index (χ3n) is 4.44. The van der Waals surface area contributed by atoms with Gasteiger partial charge in [0, 0.05) is 13.5 Å².